The Bertz CT molecular complexity index is 1040. The second-order valence-electron chi connectivity index (χ2n) is 7.48. The average molecular weight is 425 g/mol. The highest BCUT2D eigenvalue weighted by atomic mass is 32.2. The quantitative estimate of drug-likeness (QED) is 0.335. The number of rotatable bonds is 8. The second-order valence-corrected chi connectivity index (χ2v) is 8.64. The van der Waals surface area contributed by atoms with Crippen molar-refractivity contribution in [2.75, 3.05) is 19.7 Å². The van der Waals surface area contributed by atoms with Crippen LogP contribution in [0.2, 0.25) is 0 Å². The monoisotopic (exact) mass is 424 g/mol. The van der Waals surface area contributed by atoms with Crippen LogP contribution in [-0.4, -0.2) is 19.7 Å². The molecule has 0 bridgehead atoms. The molecule has 0 saturated heterocycles. The fraction of sp³-hybridized carbons (Fsp3) is 0.320. The Morgan fingerprint density at radius 3 is 2.20 bits per heavy atom. The van der Waals surface area contributed by atoms with E-state index in [9.17, 15) is 4.79 Å². The lowest BCUT2D eigenvalue weighted by atomic mass is 9.94. The Labute approximate surface area is 182 Å². The van der Waals surface area contributed by atoms with Crippen LogP contribution < -0.4 is 10.4 Å². The van der Waals surface area contributed by atoms with Crippen molar-refractivity contribution in [3.63, 3.8) is 0 Å². The van der Waals surface area contributed by atoms with Gasteiger partial charge in [0, 0.05) is 30.2 Å². The zero-order valence-corrected chi connectivity index (χ0v) is 19.0. The first kappa shape index (κ1) is 22.2. The van der Waals surface area contributed by atoms with Gasteiger partial charge >= 0.3 is 5.63 Å². The Kier molecular flexibility index (Phi) is 7.40. The smallest absolute Gasteiger partial charge is 0.347 e. The molecule has 2 aromatic carbocycles. The number of thioether (sulfide) groups is 1. The van der Waals surface area contributed by atoms with Crippen molar-refractivity contribution in [3.05, 3.63) is 80.9 Å². The van der Waals surface area contributed by atoms with Crippen LogP contribution in [0.5, 0.6) is 5.75 Å². The van der Waals surface area contributed by atoms with Crippen LogP contribution in [-0.2, 0) is 11.2 Å². The van der Waals surface area contributed by atoms with Gasteiger partial charge in [-0.25, -0.2) is 4.79 Å². The summed E-state index contributed by atoms with van der Waals surface area (Å²) in [5.74, 6) is 1.91. The molecule has 0 radical (unpaired) electrons. The van der Waals surface area contributed by atoms with Gasteiger partial charge < -0.3 is 13.9 Å². The number of hydrogen-bond donors (Lipinski definition) is 0. The number of methoxy groups -OCH3 is 1. The molecular formula is C25H28O4S. The molecule has 30 heavy (non-hydrogen) atoms. The molecule has 1 aromatic heterocycles. The summed E-state index contributed by atoms with van der Waals surface area (Å²) in [7, 11) is 1.56. The van der Waals surface area contributed by atoms with Crippen LogP contribution >= 0.6 is 11.8 Å². The highest BCUT2D eigenvalue weighted by Gasteiger charge is 2.19. The minimum Gasteiger partial charge on any atom is -0.467 e. The molecule has 158 valence electrons. The van der Waals surface area contributed by atoms with Crippen LogP contribution in [0.3, 0.4) is 0 Å². The summed E-state index contributed by atoms with van der Waals surface area (Å²) in [4.78, 5) is 14.2. The molecule has 0 unspecified atom stereocenters. The molecule has 0 atom stereocenters. The van der Waals surface area contributed by atoms with E-state index in [0.717, 1.165) is 28.0 Å². The van der Waals surface area contributed by atoms with Gasteiger partial charge in [-0.05, 0) is 56.5 Å². The van der Waals surface area contributed by atoms with Gasteiger partial charge in [0.2, 0.25) is 0 Å². The standard InChI is InChI=1S/C25H28O4S/c1-16-6-8-21(9-7-16)30-11-10-20-14-22(28-15-27-5)24(25(26)29-20)23-18(3)12-17(2)13-19(23)4/h6-9,12-14H,10-11,15H2,1-5H3. The van der Waals surface area contributed by atoms with E-state index < -0.39 is 0 Å². The van der Waals surface area contributed by atoms with Crippen molar-refractivity contribution in [3.8, 4) is 16.9 Å². The first-order valence-corrected chi connectivity index (χ1v) is 10.9. The Morgan fingerprint density at radius 1 is 0.900 bits per heavy atom. The lowest BCUT2D eigenvalue weighted by molar-refractivity contribution is 0.0510. The van der Waals surface area contributed by atoms with Crippen molar-refractivity contribution < 1.29 is 13.9 Å². The summed E-state index contributed by atoms with van der Waals surface area (Å²) >= 11 is 1.73. The number of benzene rings is 2. The molecule has 3 aromatic rings. The summed E-state index contributed by atoms with van der Waals surface area (Å²) in [5, 5.41) is 0. The third-order valence-electron chi connectivity index (χ3n) is 4.86. The van der Waals surface area contributed by atoms with Gasteiger partial charge in [-0.3, -0.25) is 0 Å². The normalized spacial score (nSPS) is 11.0. The molecule has 0 aliphatic carbocycles. The van der Waals surface area contributed by atoms with Gasteiger partial charge in [0.05, 0.1) is 0 Å². The highest BCUT2D eigenvalue weighted by molar-refractivity contribution is 7.99. The second kappa shape index (κ2) is 10.0. The summed E-state index contributed by atoms with van der Waals surface area (Å²) < 4.78 is 16.6. The van der Waals surface area contributed by atoms with Gasteiger partial charge in [0.15, 0.2) is 6.79 Å². The van der Waals surface area contributed by atoms with Gasteiger partial charge in [-0.2, -0.15) is 0 Å². The molecule has 0 saturated carbocycles. The van der Waals surface area contributed by atoms with Gasteiger partial charge in [0.25, 0.3) is 0 Å². The molecular weight excluding hydrogens is 396 g/mol. The lowest BCUT2D eigenvalue weighted by Crippen LogP contribution is -2.12. The molecule has 1 heterocycles. The molecule has 3 rings (SSSR count). The van der Waals surface area contributed by atoms with Crippen LogP contribution in [0.25, 0.3) is 11.1 Å². The molecule has 0 N–H and O–H groups in total. The molecule has 0 spiro atoms. The third kappa shape index (κ3) is 5.35. The topological polar surface area (TPSA) is 48.7 Å². The van der Waals surface area contributed by atoms with E-state index >= 15 is 0 Å². The maximum absolute atomic E-state index is 13.0. The van der Waals surface area contributed by atoms with Crippen LogP contribution in [0.1, 0.15) is 28.0 Å². The summed E-state index contributed by atoms with van der Waals surface area (Å²) in [6.45, 7) is 8.19. The van der Waals surface area contributed by atoms with Crippen LogP contribution in [0.15, 0.2) is 56.6 Å². The SMILES string of the molecule is COCOc1cc(CCSc2ccc(C)cc2)oc(=O)c1-c1c(C)cc(C)cc1C. The fourth-order valence-corrected chi connectivity index (χ4v) is 4.45. The highest BCUT2D eigenvalue weighted by Crippen LogP contribution is 2.34. The number of hydrogen-bond acceptors (Lipinski definition) is 5. The van der Waals surface area contributed by atoms with Crippen molar-refractivity contribution in [1.82, 2.24) is 0 Å². The van der Waals surface area contributed by atoms with Gasteiger partial charge in [-0.1, -0.05) is 35.4 Å². The van der Waals surface area contributed by atoms with E-state index in [1.54, 1.807) is 18.9 Å². The van der Waals surface area contributed by atoms with Crippen molar-refractivity contribution >= 4 is 11.8 Å². The number of aryl methyl sites for hydroxylation is 5. The van der Waals surface area contributed by atoms with E-state index in [2.05, 4.69) is 43.3 Å². The predicted octanol–water partition coefficient (Wildman–Crippen LogP) is 5.86. The first-order chi connectivity index (χ1) is 14.4. The maximum Gasteiger partial charge on any atom is 0.347 e. The van der Waals surface area contributed by atoms with Gasteiger partial charge in [0.1, 0.15) is 17.1 Å². The van der Waals surface area contributed by atoms with E-state index in [1.807, 2.05) is 26.8 Å². The molecule has 0 amide bonds. The Balaban J connectivity index is 1.90. The van der Waals surface area contributed by atoms with E-state index in [0.29, 0.717) is 23.5 Å². The van der Waals surface area contributed by atoms with Crippen molar-refractivity contribution in [2.45, 2.75) is 39.0 Å². The summed E-state index contributed by atoms with van der Waals surface area (Å²) in [6, 6.07) is 14.4. The Hall–Kier alpha value is -2.50. The third-order valence-corrected chi connectivity index (χ3v) is 5.88. The zero-order chi connectivity index (χ0) is 21.7. The Morgan fingerprint density at radius 2 is 1.57 bits per heavy atom. The fourth-order valence-electron chi connectivity index (χ4n) is 3.58. The first-order valence-electron chi connectivity index (χ1n) is 9.95. The molecule has 0 fully saturated rings. The predicted molar refractivity (Wildman–Crippen MR) is 123 cm³/mol. The van der Waals surface area contributed by atoms with E-state index in [4.69, 9.17) is 13.9 Å². The van der Waals surface area contributed by atoms with E-state index in [-0.39, 0.29) is 12.4 Å². The van der Waals surface area contributed by atoms with Crippen molar-refractivity contribution in [2.24, 2.45) is 0 Å². The average Bonchev–Trinajstić information content (AvgIpc) is 2.69. The van der Waals surface area contributed by atoms with Gasteiger partial charge in [-0.15, -0.1) is 11.8 Å². The van der Waals surface area contributed by atoms with Crippen LogP contribution in [0, 0.1) is 27.7 Å². The molecule has 4 nitrogen and oxygen atoms in total. The summed E-state index contributed by atoms with van der Waals surface area (Å²) in [6.07, 6.45) is 0.628. The van der Waals surface area contributed by atoms with E-state index in [1.165, 1.54) is 10.5 Å². The van der Waals surface area contributed by atoms with Crippen LogP contribution in [0.4, 0.5) is 0 Å². The largest absolute Gasteiger partial charge is 0.467 e. The lowest BCUT2D eigenvalue weighted by Gasteiger charge is -2.15. The molecule has 5 heteroatoms. The minimum absolute atomic E-state index is 0.0674. The zero-order valence-electron chi connectivity index (χ0n) is 18.2. The number of ether oxygens (including phenoxy) is 2. The molecule has 0 aliphatic rings. The maximum atomic E-state index is 13.0. The van der Waals surface area contributed by atoms with Crippen molar-refractivity contribution in [1.29, 1.82) is 0 Å². The molecule has 0 aliphatic heterocycles. The minimum atomic E-state index is -0.381. The summed E-state index contributed by atoms with van der Waals surface area (Å²) in [5.41, 5.74) is 5.37.